The fourth-order valence-corrected chi connectivity index (χ4v) is 1.68. The summed E-state index contributed by atoms with van der Waals surface area (Å²) in [6.07, 6.45) is 0.684. The Kier molecular flexibility index (Phi) is 6.15. The highest BCUT2D eigenvalue weighted by atomic mass is 16.5. The Hall–Kier alpha value is -1.75. The molecule has 0 aliphatic carbocycles. The summed E-state index contributed by atoms with van der Waals surface area (Å²) in [5.41, 5.74) is 6.44. The van der Waals surface area contributed by atoms with E-state index in [0.29, 0.717) is 19.5 Å². The normalized spacial score (nSPS) is 11.8. The maximum atomic E-state index is 11.6. The van der Waals surface area contributed by atoms with Crippen LogP contribution in [-0.2, 0) is 11.2 Å². The average molecular weight is 266 g/mol. The molecule has 3 N–H and O–H groups in total. The summed E-state index contributed by atoms with van der Waals surface area (Å²) in [6, 6.07) is 5.62. The number of nitrogens with two attached hydrogens (primary N) is 1. The van der Waals surface area contributed by atoms with Crippen LogP contribution in [-0.4, -0.2) is 33.2 Å². The van der Waals surface area contributed by atoms with E-state index in [2.05, 4.69) is 5.32 Å². The molecule has 0 radical (unpaired) electrons. The molecule has 5 nitrogen and oxygen atoms in total. The van der Waals surface area contributed by atoms with Crippen molar-refractivity contribution in [1.82, 2.24) is 5.32 Å². The molecule has 1 rings (SSSR count). The molecular weight excluding hydrogens is 244 g/mol. The number of nitrogens with one attached hydrogen (secondary N) is 1. The van der Waals surface area contributed by atoms with Crippen molar-refractivity contribution in [2.24, 2.45) is 11.7 Å². The van der Waals surface area contributed by atoms with Gasteiger partial charge in [0.2, 0.25) is 5.91 Å². The minimum atomic E-state index is -0.160. The van der Waals surface area contributed by atoms with Crippen LogP contribution in [0.1, 0.15) is 12.5 Å². The first-order chi connectivity index (χ1) is 9.12. The van der Waals surface area contributed by atoms with Crippen molar-refractivity contribution in [3.8, 4) is 11.5 Å². The molecule has 0 saturated heterocycles. The van der Waals surface area contributed by atoms with Gasteiger partial charge in [-0.2, -0.15) is 0 Å². The van der Waals surface area contributed by atoms with E-state index < -0.39 is 0 Å². The zero-order chi connectivity index (χ0) is 14.3. The molecule has 0 spiro atoms. The first-order valence-corrected chi connectivity index (χ1v) is 6.31. The van der Waals surface area contributed by atoms with Crippen molar-refractivity contribution < 1.29 is 14.3 Å². The Morgan fingerprint density at radius 1 is 1.37 bits per heavy atom. The molecule has 1 amide bonds. The molecule has 5 heteroatoms. The Morgan fingerprint density at radius 3 is 2.68 bits per heavy atom. The summed E-state index contributed by atoms with van der Waals surface area (Å²) in [4.78, 5) is 11.6. The van der Waals surface area contributed by atoms with Crippen molar-refractivity contribution in [3.63, 3.8) is 0 Å². The van der Waals surface area contributed by atoms with Crippen LogP contribution in [0.15, 0.2) is 18.2 Å². The van der Waals surface area contributed by atoms with Crippen LogP contribution in [0, 0.1) is 5.92 Å². The predicted octanol–water partition coefficient (Wildman–Crippen LogP) is 0.957. The fraction of sp³-hybridized carbons (Fsp3) is 0.500. The first-order valence-electron chi connectivity index (χ1n) is 6.31. The standard InChI is InChI=1S/C14H22N2O3/c1-10(9-15)14(17)16-7-6-11-8-12(18-2)4-5-13(11)19-3/h4-5,8,10H,6-7,9,15H2,1-3H3,(H,16,17). The third-order valence-corrected chi connectivity index (χ3v) is 2.98. The van der Waals surface area contributed by atoms with Gasteiger partial charge in [0.25, 0.3) is 0 Å². The zero-order valence-corrected chi connectivity index (χ0v) is 11.7. The Morgan fingerprint density at radius 2 is 2.11 bits per heavy atom. The molecule has 0 aliphatic rings. The number of carbonyl (C=O) groups is 1. The van der Waals surface area contributed by atoms with Gasteiger partial charge in [-0.25, -0.2) is 0 Å². The first kappa shape index (κ1) is 15.3. The molecule has 0 saturated carbocycles. The van der Waals surface area contributed by atoms with Crippen LogP contribution in [0.2, 0.25) is 0 Å². The number of hydrogen-bond donors (Lipinski definition) is 2. The average Bonchev–Trinajstić information content (AvgIpc) is 2.45. The third kappa shape index (κ3) is 4.44. The van der Waals surface area contributed by atoms with Crippen molar-refractivity contribution in [2.45, 2.75) is 13.3 Å². The molecule has 0 fully saturated rings. The third-order valence-electron chi connectivity index (χ3n) is 2.98. The van der Waals surface area contributed by atoms with Crippen LogP contribution in [0.3, 0.4) is 0 Å². The maximum Gasteiger partial charge on any atom is 0.224 e. The topological polar surface area (TPSA) is 73.6 Å². The lowest BCUT2D eigenvalue weighted by molar-refractivity contribution is -0.124. The van der Waals surface area contributed by atoms with Gasteiger partial charge < -0.3 is 20.5 Å². The van der Waals surface area contributed by atoms with Gasteiger partial charge in [-0.3, -0.25) is 4.79 Å². The summed E-state index contributed by atoms with van der Waals surface area (Å²) in [5, 5.41) is 2.86. The van der Waals surface area contributed by atoms with Gasteiger partial charge in [-0.05, 0) is 30.2 Å². The molecule has 0 aliphatic heterocycles. The van der Waals surface area contributed by atoms with E-state index >= 15 is 0 Å². The summed E-state index contributed by atoms with van der Waals surface area (Å²) in [6.45, 7) is 2.71. The highest BCUT2D eigenvalue weighted by Gasteiger charge is 2.10. The van der Waals surface area contributed by atoms with E-state index in [1.807, 2.05) is 25.1 Å². The zero-order valence-electron chi connectivity index (χ0n) is 11.7. The highest BCUT2D eigenvalue weighted by Crippen LogP contribution is 2.24. The van der Waals surface area contributed by atoms with Gasteiger partial charge in [0.15, 0.2) is 0 Å². The van der Waals surface area contributed by atoms with E-state index in [1.54, 1.807) is 14.2 Å². The van der Waals surface area contributed by atoms with E-state index in [0.717, 1.165) is 17.1 Å². The molecular formula is C14H22N2O3. The minimum Gasteiger partial charge on any atom is -0.497 e. The summed E-state index contributed by atoms with van der Waals surface area (Å²) >= 11 is 0. The van der Waals surface area contributed by atoms with Gasteiger partial charge in [0.05, 0.1) is 14.2 Å². The molecule has 1 unspecified atom stereocenters. The number of hydrogen-bond acceptors (Lipinski definition) is 4. The number of benzene rings is 1. The van der Waals surface area contributed by atoms with Crippen molar-refractivity contribution in [1.29, 1.82) is 0 Å². The lowest BCUT2D eigenvalue weighted by Gasteiger charge is -2.12. The number of rotatable bonds is 7. The molecule has 19 heavy (non-hydrogen) atoms. The second-order valence-electron chi connectivity index (χ2n) is 4.36. The van der Waals surface area contributed by atoms with E-state index in [4.69, 9.17) is 15.2 Å². The number of amides is 1. The summed E-state index contributed by atoms with van der Waals surface area (Å²) in [7, 11) is 3.25. The van der Waals surface area contributed by atoms with Crippen LogP contribution in [0.25, 0.3) is 0 Å². The summed E-state index contributed by atoms with van der Waals surface area (Å²) < 4.78 is 10.5. The van der Waals surface area contributed by atoms with Gasteiger partial charge >= 0.3 is 0 Å². The van der Waals surface area contributed by atoms with Gasteiger partial charge in [0.1, 0.15) is 11.5 Å². The van der Waals surface area contributed by atoms with Gasteiger partial charge in [-0.15, -0.1) is 0 Å². The largest absolute Gasteiger partial charge is 0.497 e. The second kappa shape index (κ2) is 7.63. The van der Waals surface area contributed by atoms with Crippen molar-refractivity contribution in [3.05, 3.63) is 23.8 Å². The lowest BCUT2D eigenvalue weighted by Crippen LogP contribution is -2.34. The molecule has 0 aromatic heterocycles. The maximum absolute atomic E-state index is 11.6. The Bertz CT molecular complexity index is 421. The van der Waals surface area contributed by atoms with Crippen molar-refractivity contribution >= 4 is 5.91 Å². The molecule has 1 aromatic rings. The Labute approximate surface area is 114 Å². The van der Waals surface area contributed by atoms with E-state index in [9.17, 15) is 4.79 Å². The van der Waals surface area contributed by atoms with E-state index in [1.165, 1.54) is 0 Å². The quantitative estimate of drug-likeness (QED) is 0.771. The summed E-state index contributed by atoms with van der Waals surface area (Å²) in [5.74, 6) is 1.39. The molecule has 0 heterocycles. The SMILES string of the molecule is COc1ccc(OC)c(CCNC(=O)C(C)CN)c1. The van der Waals surface area contributed by atoms with E-state index in [-0.39, 0.29) is 11.8 Å². The fourth-order valence-electron chi connectivity index (χ4n) is 1.68. The number of methoxy groups -OCH3 is 2. The van der Waals surface area contributed by atoms with Crippen LogP contribution in [0.5, 0.6) is 11.5 Å². The highest BCUT2D eigenvalue weighted by molar-refractivity contribution is 5.78. The van der Waals surface area contributed by atoms with Crippen molar-refractivity contribution in [2.75, 3.05) is 27.3 Å². The second-order valence-corrected chi connectivity index (χ2v) is 4.36. The van der Waals surface area contributed by atoms with Gasteiger partial charge in [0, 0.05) is 19.0 Å². The lowest BCUT2D eigenvalue weighted by atomic mass is 10.1. The monoisotopic (exact) mass is 266 g/mol. The minimum absolute atomic E-state index is 0.0237. The van der Waals surface area contributed by atoms with Crippen LogP contribution in [0.4, 0.5) is 0 Å². The molecule has 0 bridgehead atoms. The smallest absolute Gasteiger partial charge is 0.224 e. The number of carbonyl (C=O) groups excluding carboxylic acids is 1. The molecule has 1 atom stereocenters. The van der Waals surface area contributed by atoms with Crippen LogP contribution >= 0.6 is 0 Å². The number of ether oxygens (including phenoxy) is 2. The molecule has 106 valence electrons. The Balaban J connectivity index is 2.59. The predicted molar refractivity (Wildman–Crippen MR) is 74.5 cm³/mol. The van der Waals surface area contributed by atoms with Gasteiger partial charge in [-0.1, -0.05) is 6.92 Å². The molecule has 1 aromatic carbocycles. The van der Waals surface area contributed by atoms with Crippen LogP contribution < -0.4 is 20.5 Å².